The summed E-state index contributed by atoms with van der Waals surface area (Å²) in [7, 11) is 0. The van der Waals surface area contributed by atoms with Gasteiger partial charge < -0.3 is 11.1 Å². The normalized spacial score (nSPS) is 12.4. The lowest BCUT2D eigenvalue weighted by Crippen LogP contribution is -2.45. The number of hydrogen-bond donors (Lipinski definition) is 2. The number of hydrogen-bond acceptors (Lipinski definition) is 2. The average Bonchev–Trinajstić information content (AvgIpc) is 2.36. The van der Waals surface area contributed by atoms with Crippen LogP contribution >= 0.6 is 12.4 Å². The molecule has 1 aromatic rings. The minimum absolute atomic E-state index is 0. The van der Waals surface area contributed by atoms with Gasteiger partial charge in [0.05, 0.1) is 6.04 Å². The van der Waals surface area contributed by atoms with Crippen LogP contribution in [0.1, 0.15) is 46.1 Å². The number of carbonyl (C=O) groups excluding carboxylic acids is 1. The van der Waals surface area contributed by atoms with Crippen LogP contribution in [0.4, 0.5) is 5.69 Å². The third kappa shape index (κ3) is 5.93. The number of nitrogens with one attached hydrogen (secondary N) is 1. The van der Waals surface area contributed by atoms with Gasteiger partial charge in [-0.3, -0.25) is 4.79 Å². The summed E-state index contributed by atoms with van der Waals surface area (Å²) in [6, 6.07) is 7.51. The zero-order valence-electron chi connectivity index (χ0n) is 12.9. The van der Waals surface area contributed by atoms with Gasteiger partial charge >= 0.3 is 0 Å². The van der Waals surface area contributed by atoms with Crippen LogP contribution in [0.5, 0.6) is 0 Å². The quantitative estimate of drug-likeness (QED) is 0.869. The van der Waals surface area contributed by atoms with Gasteiger partial charge in [0, 0.05) is 5.69 Å². The smallest absolute Gasteiger partial charge is 0.241 e. The summed E-state index contributed by atoms with van der Waals surface area (Å²) < 4.78 is 0. The van der Waals surface area contributed by atoms with Crippen LogP contribution in [0, 0.1) is 5.41 Å². The Labute approximate surface area is 128 Å². The number of unbranched alkanes of at least 4 members (excludes halogenated alkanes) is 1. The Morgan fingerprint density at radius 1 is 1.25 bits per heavy atom. The molecule has 114 valence electrons. The van der Waals surface area contributed by atoms with Gasteiger partial charge in [-0.15, -0.1) is 12.4 Å². The lowest BCUT2D eigenvalue weighted by Gasteiger charge is -2.25. The van der Waals surface area contributed by atoms with Crippen molar-refractivity contribution in [3.8, 4) is 0 Å². The van der Waals surface area contributed by atoms with Crippen molar-refractivity contribution < 1.29 is 4.79 Å². The number of anilines is 1. The van der Waals surface area contributed by atoms with E-state index in [2.05, 4.69) is 24.4 Å². The SMILES string of the molecule is CCCCc1ccc(NC(=O)[C@@H](N)C(C)(C)C)cc1.Cl. The van der Waals surface area contributed by atoms with Crippen molar-refractivity contribution in [2.24, 2.45) is 11.1 Å². The molecular weight excluding hydrogens is 272 g/mol. The van der Waals surface area contributed by atoms with E-state index in [4.69, 9.17) is 5.73 Å². The van der Waals surface area contributed by atoms with Gasteiger partial charge in [-0.2, -0.15) is 0 Å². The summed E-state index contributed by atoms with van der Waals surface area (Å²) in [5.74, 6) is -0.131. The van der Waals surface area contributed by atoms with E-state index in [1.807, 2.05) is 32.9 Å². The number of benzene rings is 1. The fourth-order valence-electron chi connectivity index (χ4n) is 1.75. The summed E-state index contributed by atoms with van der Waals surface area (Å²) in [5.41, 5.74) is 7.81. The predicted molar refractivity (Wildman–Crippen MR) is 88.4 cm³/mol. The topological polar surface area (TPSA) is 55.1 Å². The van der Waals surface area contributed by atoms with Crippen molar-refractivity contribution in [1.82, 2.24) is 0 Å². The van der Waals surface area contributed by atoms with Gasteiger partial charge in [-0.1, -0.05) is 46.2 Å². The molecule has 0 radical (unpaired) electrons. The number of carbonyl (C=O) groups is 1. The third-order valence-electron chi connectivity index (χ3n) is 3.26. The highest BCUT2D eigenvalue weighted by Crippen LogP contribution is 2.19. The van der Waals surface area contributed by atoms with Crippen molar-refractivity contribution in [1.29, 1.82) is 0 Å². The lowest BCUT2D eigenvalue weighted by molar-refractivity contribution is -0.119. The first-order valence-electron chi connectivity index (χ1n) is 7.00. The molecule has 20 heavy (non-hydrogen) atoms. The van der Waals surface area contributed by atoms with E-state index in [1.54, 1.807) is 0 Å². The Morgan fingerprint density at radius 2 is 1.80 bits per heavy atom. The van der Waals surface area contributed by atoms with Crippen LogP contribution in [0.3, 0.4) is 0 Å². The molecule has 4 heteroatoms. The Hall–Kier alpha value is -1.06. The molecule has 0 saturated carbocycles. The van der Waals surface area contributed by atoms with E-state index in [-0.39, 0.29) is 23.7 Å². The Bertz CT molecular complexity index is 409. The number of aryl methyl sites for hydroxylation is 1. The average molecular weight is 299 g/mol. The van der Waals surface area contributed by atoms with Crippen LogP contribution in [-0.4, -0.2) is 11.9 Å². The van der Waals surface area contributed by atoms with Crippen LogP contribution in [0.25, 0.3) is 0 Å². The molecule has 0 bridgehead atoms. The Morgan fingerprint density at radius 3 is 2.25 bits per heavy atom. The van der Waals surface area contributed by atoms with Gasteiger partial charge in [0.15, 0.2) is 0 Å². The summed E-state index contributed by atoms with van der Waals surface area (Å²) in [4.78, 5) is 12.0. The summed E-state index contributed by atoms with van der Waals surface area (Å²) in [6.07, 6.45) is 3.48. The maximum atomic E-state index is 12.0. The molecule has 0 fully saturated rings. The fraction of sp³-hybridized carbons (Fsp3) is 0.562. The second kappa shape index (κ2) is 8.28. The highest BCUT2D eigenvalue weighted by molar-refractivity contribution is 5.95. The van der Waals surface area contributed by atoms with Gasteiger partial charge in [-0.25, -0.2) is 0 Å². The van der Waals surface area contributed by atoms with Crippen molar-refractivity contribution >= 4 is 24.0 Å². The van der Waals surface area contributed by atoms with Gasteiger partial charge in [-0.05, 0) is 36.0 Å². The van der Waals surface area contributed by atoms with Crippen LogP contribution in [-0.2, 0) is 11.2 Å². The van der Waals surface area contributed by atoms with E-state index in [1.165, 1.54) is 18.4 Å². The summed E-state index contributed by atoms with van der Waals surface area (Å²) in [5, 5.41) is 2.87. The first-order valence-corrected chi connectivity index (χ1v) is 7.00. The predicted octanol–water partition coefficient (Wildman–Crippen LogP) is 3.76. The molecule has 0 aromatic heterocycles. The minimum Gasteiger partial charge on any atom is -0.325 e. The second-order valence-corrected chi connectivity index (χ2v) is 6.13. The van der Waals surface area contributed by atoms with E-state index in [0.717, 1.165) is 12.1 Å². The maximum absolute atomic E-state index is 12.0. The molecule has 0 unspecified atom stereocenters. The van der Waals surface area contributed by atoms with Gasteiger partial charge in [0.2, 0.25) is 5.91 Å². The Balaban J connectivity index is 0.00000361. The standard InChI is InChI=1S/C16H26N2O.ClH/c1-5-6-7-12-8-10-13(11-9-12)18-15(19)14(17)16(2,3)4;/h8-11,14H,5-7,17H2,1-4H3,(H,18,19);1H/t14-;/m1./s1. The second-order valence-electron chi connectivity index (χ2n) is 6.13. The van der Waals surface area contributed by atoms with Crippen molar-refractivity contribution in [3.63, 3.8) is 0 Å². The highest BCUT2D eigenvalue weighted by atomic mass is 35.5. The molecule has 1 amide bonds. The minimum atomic E-state index is -0.507. The van der Waals surface area contributed by atoms with Gasteiger partial charge in [0.25, 0.3) is 0 Å². The number of nitrogens with two attached hydrogens (primary N) is 1. The molecule has 0 spiro atoms. The summed E-state index contributed by atoms with van der Waals surface area (Å²) >= 11 is 0. The molecule has 1 rings (SSSR count). The number of amides is 1. The fourth-order valence-corrected chi connectivity index (χ4v) is 1.75. The maximum Gasteiger partial charge on any atom is 0.241 e. The van der Waals surface area contributed by atoms with Crippen LogP contribution in [0.15, 0.2) is 24.3 Å². The van der Waals surface area contributed by atoms with Crippen molar-refractivity contribution in [3.05, 3.63) is 29.8 Å². The first kappa shape index (κ1) is 18.9. The zero-order valence-corrected chi connectivity index (χ0v) is 13.7. The van der Waals surface area contributed by atoms with E-state index in [0.29, 0.717) is 0 Å². The molecule has 0 saturated heterocycles. The molecular formula is C16H27ClN2O. The molecule has 0 heterocycles. The third-order valence-corrected chi connectivity index (χ3v) is 3.26. The molecule has 0 aliphatic heterocycles. The van der Waals surface area contributed by atoms with Crippen LogP contribution < -0.4 is 11.1 Å². The molecule has 3 N–H and O–H groups in total. The van der Waals surface area contributed by atoms with E-state index in [9.17, 15) is 4.79 Å². The van der Waals surface area contributed by atoms with Gasteiger partial charge in [0.1, 0.15) is 0 Å². The van der Waals surface area contributed by atoms with E-state index >= 15 is 0 Å². The molecule has 3 nitrogen and oxygen atoms in total. The largest absolute Gasteiger partial charge is 0.325 e. The molecule has 0 aliphatic rings. The monoisotopic (exact) mass is 298 g/mol. The first-order chi connectivity index (χ1) is 8.84. The van der Waals surface area contributed by atoms with Crippen molar-refractivity contribution in [2.75, 3.05) is 5.32 Å². The number of rotatable bonds is 5. The van der Waals surface area contributed by atoms with Crippen LogP contribution in [0.2, 0.25) is 0 Å². The molecule has 1 aromatic carbocycles. The number of halogens is 1. The van der Waals surface area contributed by atoms with E-state index < -0.39 is 6.04 Å². The molecule has 0 aliphatic carbocycles. The highest BCUT2D eigenvalue weighted by Gasteiger charge is 2.27. The lowest BCUT2D eigenvalue weighted by atomic mass is 9.87. The molecule has 1 atom stereocenters. The summed E-state index contributed by atoms with van der Waals surface area (Å²) in [6.45, 7) is 8.07. The zero-order chi connectivity index (χ0) is 14.5. The van der Waals surface area contributed by atoms with Crippen molar-refractivity contribution in [2.45, 2.75) is 53.0 Å². The Kier molecular flexibility index (Phi) is 7.84.